The smallest absolute Gasteiger partial charge is 0.267 e. The third kappa shape index (κ3) is 5.59. The fourth-order valence-corrected chi connectivity index (χ4v) is 2.77. The van der Waals surface area contributed by atoms with E-state index in [9.17, 15) is 9.59 Å². The molecule has 1 aromatic heterocycles. The second kappa shape index (κ2) is 9.94. The molecular weight excluding hydrogens is 368 g/mol. The van der Waals surface area contributed by atoms with Crippen LogP contribution in [0.15, 0.2) is 83.1 Å². The van der Waals surface area contributed by atoms with Crippen LogP contribution in [0.4, 0.5) is 0 Å². The molecule has 2 N–H and O–H groups in total. The van der Waals surface area contributed by atoms with E-state index in [-0.39, 0.29) is 11.6 Å². The van der Waals surface area contributed by atoms with E-state index < -0.39 is 5.91 Å². The lowest BCUT2D eigenvalue weighted by molar-refractivity contribution is -0.117. The molecule has 2 aromatic carbocycles. The number of carbonyl (C=O) groups excluding carboxylic acids is 2. The molecule has 0 saturated carbocycles. The molecule has 0 saturated heterocycles. The van der Waals surface area contributed by atoms with Crippen LogP contribution in [-0.2, 0) is 11.2 Å². The Labute approximate surface area is 169 Å². The maximum absolute atomic E-state index is 12.7. The van der Waals surface area contributed by atoms with E-state index >= 15 is 0 Å². The van der Waals surface area contributed by atoms with Gasteiger partial charge >= 0.3 is 0 Å². The van der Waals surface area contributed by atoms with Crippen LogP contribution in [0.2, 0.25) is 0 Å². The summed E-state index contributed by atoms with van der Waals surface area (Å²) in [4.78, 5) is 25.2. The summed E-state index contributed by atoms with van der Waals surface area (Å²) >= 11 is 0. The second-order valence-corrected chi connectivity index (χ2v) is 6.21. The fraction of sp³-hybridized carbons (Fsp3) is 0.130. The third-order valence-corrected chi connectivity index (χ3v) is 4.23. The molecule has 1 heterocycles. The molecule has 6 nitrogen and oxygen atoms in total. The number of furan rings is 1. The van der Waals surface area contributed by atoms with Gasteiger partial charge in [0.05, 0.1) is 13.4 Å². The maximum atomic E-state index is 12.7. The van der Waals surface area contributed by atoms with Gasteiger partial charge in [0.25, 0.3) is 11.8 Å². The van der Waals surface area contributed by atoms with Crippen LogP contribution >= 0.6 is 0 Å². The van der Waals surface area contributed by atoms with E-state index in [1.807, 2.05) is 30.3 Å². The molecule has 0 radical (unpaired) electrons. The number of carbonyl (C=O) groups is 2. The number of nitrogens with one attached hydrogen (secondary N) is 2. The van der Waals surface area contributed by atoms with Crippen LogP contribution in [0.1, 0.15) is 21.7 Å². The zero-order valence-electron chi connectivity index (χ0n) is 16.1. The first-order valence-electron chi connectivity index (χ1n) is 9.19. The number of methoxy groups -OCH3 is 1. The number of ether oxygens (including phenoxy) is 1. The summed E-state index contributed by atoms with van der Waals surface area (Å²) < 4.78 is 10.6. The highest BCUT2D eigenvalue weighted by molar-refractivity contribution is 6.05. The number of amides is 2. The monoisotopic (exact) mass is 390 g/mol. The molecule has 29 heavy (non-hydrogen) atoms. The van der Waals surface area contributed by atoms with Crippen molar-refractivity contribution in [2.75, 3.05) is 13.7 Å². The van der Waals surface area contributed by atoms with Crippen LogP contribution in [0.25, 0.3) is 6.08 Å². The minimum Gasteiger partial charge on any atom is -0.496 e. The summed E-state index contributed by atoms with van der Waals surface area (Å²) in [6.07, 6.45) is 3.59. The van der Waals surface area contributed by atoms with Crippen molar-refractivity contribution in [1.82, 2.24) is 10.6 Å². The maximum Gasteiger partial charge on any atom is 0.267 e. The van der Waals surface area contributed by atoms with Gasteiger partial charge < -0.3 is 19.8 Å². The third-order valence-electron chi connectivity index (χ3n) is 4.23. The van der Waals surface area contributed by atoms with Gasteiger partial charge in [0, 0.05) is 18.2 Å². The van der Waals surface area contributed by atoms with Gasteiger partial charge in [-0.05, 0) is 42.3 Å². The van der Waals surface area contributed by atoms with Gasteiger partial charge in [-0.2, -0.15) is 0 Å². The van der Waals surface area contributed by atoms with Gasteiger partial charge in [0.1, 0.15) is 17.2 Å². The van der Waals surface area contributed by atoms with Crippen molar-refractivity contribution in [3.63, 3.8) is 0 Å². The standard InChI is InChI=1S/C23H22N2O4/c1-28-21-12-6-5-8-17(21)13-14-24-23(27)20(16-19-11-7-15-29-19)25-22(26)18-9-3-2-4-10-18/h2-12,15-16H,13-14H2,1H3,(H,24,27)(H,25,26)/b20-16-. The lowest BCUT2D eigenvalue weighted by atomic mass is 10.1. The molecule has 0 unspecified atom stereocenters. The Bertz CT molecular complexity index is 979. The minimum absolute atomic E-state index is 0.105. The van der Waals surface area contributed by atoms with Crippen LogP contribution in [0, 0.1) is 0 Å². The van der Waals surface area contributed by atoms with E-state index in [2.05, 4.69) is 10.6 Å². The molecule has 0 bridgehead atoms. The summed E-state index contributed by atoms with van der Waals surface area (Å²) in [6, 6.07) is 19.8. The summed E-state index contributed by atoms with van der Waals surface area (Å²) in [5, 5.41) is 5.50. The summed E-state index contributed by atoms with van der Waals surface area (Å²) in [5.74, 6) is 0.461. The molecule has 0 aliphatic carbocycles. The summed E-state index contributed by atoms with van der Waals surface area (Å²) in [7, 11) is 1.61. The highest BCUT2D eigenvalue weighted by Gasteiger charge is 2.15. The molecule has 2 amide bonds. The zero-order chi connectivity index (χ0) is 20.5. The average molecular weight is 390 g/mol. The largest absolute Gasteiger partial charge is 0.496 e. The van der Waals surface area contributed by atoms with Crippen molar-refractivity contribution < 1.29 is 18.7 Å². The van der Waals surface area contributed by atoms with Gasteiger partial charge in [-0.15, -0.1) is 0 Å². The quantitative estimate of drug-likeness (QED) is 0.578. The van der Waals surface area contributed by atoms with Crippen molar-refractivity contribution in [2.24, 2.45) is 0 Å². The van der Waals surface area contributed by atoms with Gasteiger partial charge in [0.2, 0.25) is 0 Å². The topological polar surface area (TPSA) is 80.6 Å². The Kier molecular flexibility index (Phi) is 6.84. The molecule has 0 aliphatic rings. The van der Waals surface area contributed by atoms with Crippen LogP contribution in [0.3, 0.4) is 0 Å². The van der Waals surface area contributed by atoms with Gasteiger partial charge in [-0.3, -0.25) is 9.59 Å². The molecule has 0 atom stereocenters. The van der Waals surface area contributed by atoms with Crippen LogP contribution in [0.5, 0.6) is 5.75 Å². The molecule has 6 heteroatoms. The van der Waals surface area contributed by atoms with Crippen molar-refractivity contribution in [3.8, 4) is 5.75 Å². The van der Waals surface area contributed by atoms with E-state index in [0.29, 0.717) is 24.3 Å². The molecular formula is C23H22N2O4. The Morgan fingerprint density at radius 2 is 1.76 bits per heavy atom. The number of para-hydroxylation sites is 1. The van der Waals surface area contributed by atoms with E-state index in [1.165, 1.54) is 12.3 Å². The SMILES string of the molecule is COc1ccccc1CCNC(=O)/C(=C/c1ccco1)NC(=O)c1ccccc1. The van der Waals surface area contributed by atoms with E-state index in [4.69, 9.17) is 9.15 Å². The summed E-state index contributed by atoms with van der Waals surface area (Å²) in [6.45, 7) is 0.385. The molecule has 0 fully saturated rings. The van der Waals surface area contributed by atoms with Crippen molar-refractivity contribution in [1.29, 1.82) is 0 Å². The number of benzene rings is 2. The molecule has 3 aromatic rings. The average Bonchev–Trinajstić information content (AvgIpc) is 3.27. The predicted octanol–water partition coefficient (Wildman–Crippen LogP) is 3.42. The van der Waals surface area contributed by atoms with Crippen molar-refractivity contribution in [2.45, 2.75) is 6.42 Å². The molecule has 0 spiro atoms. The van der Waals surface area contributed by atoms with Crippen molar-refractivity contribution >= 4 is 17.9 Å². The highest BCUT2D eigenvalue weighted by Crippen LogP contribution is 2.17. The Morgan fingerprint density at radius 3 is 2.48 bits per heavy atom. The number of hydrogen-bond donors (Lipinski definition) is 2. The first kappa shape index (κ1) is 19.9. The Hall–Kier alpha value is -3.80. The lowest BCUT2D eigenvalue weighted by Crippen LogP contribution is -2.35. The van der Waals surface area contributed by atoms with Gasteiger partial charge in [-0.25, -0.2) is 0 Å². The lowest BCUT2D eigenvalue weighted by Gasteiger charge is -2.12. The first-order valence-corrected chi connectivity index (χ1v) is 9.19. The van der Waals surface area contributed by atoms with E-state index in [1.54, 1.807) is 43.5 Å². The molecule has 0 aliphatic heterocycles. The minimum atomic E-state index is -0.402. The van der Waals surface area contributed by atoms with Gasteiger partial charge in [-0.1, -0.05) is 36.4 Å². The number of hydrogen-bond acceptors (Lipinski definition) is 4. The highest BCUT2D eigenvalue weighted by atomic mass is 16.5. The van der Waals surface area contributed by atoms with Crippen molar-refractivity contribution in [3.05, 3.63) is 95.6 Å². The normalized spacial score (nSPS) is 11.0. The summed E-state index contributed by atoms with van der Waals surface area (Å²) in [5.41, 5.74) is 1.55. The molecule has 3 rings (SSSR count). The second-order valence-electron chi connectivity index (χ2n) is 6.21. The fourth-order valence-electron chi connectivity index (χ4n) is 2.77. The van der Waals surface area contributed by atoms with Crippen LogP contribution < -0.4 is 15.4 Å². The Balaban J connectivity index is 1.68. The Morgan fingerprint density at radius 1 is 1.00 bits per heavy atom. The predicted molar refractivity (Wildman–Crippen MR) is 110 cm³/mol. The van der Waals surface area contributed by atoms with E-state index in [0.717, 1.165) is 11.3 Å². The molecule has 148 valence electrons. The van der Waals surface area contributed by atoms with Crippen LogP contribution in [-0.4, -0.2) is 25.5 Å². The first-order chi connectivity index (χ1) is 14.2. The van der Waals surface area contributed by atoms with Gasteiger partial charge in [0.15, 0.2) is 0 Å². The number of rotatable bonds is 8. The zero-order valence-corrected chi connectivity index (χ0v) is 16.1.